The van der Waals surface area contributed by atoms with E-state index in [1.807, 2.05) is 13.8 Å². The van der Waals surface area contributed by atoms with Gasteiger partial charge in [0, 0.05) is 56.9 Å². The molecule has 4 rings (SSSR count). The number of nitro groups is 1. The van der Waals surface area contributed by atoms with Crippen LogP contribution in [-0.2, 0) is 14.9 Å². The number of nitrogens with one attached hydrogen (secondary N) is 1. The molecular formula is C20H29N5O6S. The predicted molar refractivity (Wildman–Crippen MR) is 118 cm³/mol. The normalized spacial score (nSPS) is 25.5. The highest BCUT2D eigenvalue weighted by molar-refractivity contribution is 7.86. The second kappa shape index (κ2) is 8.93. The van der Waals surface area contributed by atoms with Gasteiger partial charge >= 0.3 is 0 Å². The molecule has 0 spiro atoms. The first-order chi connectivity index (χ1) is 15.1. The third-order valence-corrected chi connectivity index (χ3v) is 7.93. The van der Waals surface area contributed by atoms with Crippen molar-refractivity contribution in [3.63, 3.8) is 0 Å². The summed E-state index contributed by atoms with van der Waals surface area (Å²) in [5.41, 5.74) is 0.494. The van der Waals surface area contributed by atoms with Crippen LogP contribution in [0.4, 0.5) is 11.4 Å². The Morgan fingerprint density at radius 1 is 1.09 bits per heavy atom. The fourth-order valence-corrected chi connectivity index (χ4v) is 5.96. The van der Waals surface area contributed by atoms with Crippen LogP contribution in [-0.4, -0.2) is 85.4 Å². The minimum atomic E-state index is -3.63. The lowest BCUT2D eigenvalue weighted by atomic mass is 10.1. The van der Waals surface area contributed by atoms with Gasteiger partial charge < -0.3 is 15.0 Å². The smallest absolute Gasteiger partial charge is 0.293 e. The number of amides is 1. The first-order valence-corrected chi connectivity index (χ1v) is 12.3. The summed E-state index contributed by atoms with van der Waals surface area (Å²) in [5.74, 6) is -0.313. The summed E-state index contributed by atoms with van der Waals surface area (Å²) in [6.07, 6.45) is 1.52. The summed E-state index contributed by atoms with van der Waals surface area (Å²) in [6, 6.07) is 4.62. The number of nitro benzene ring substituents is 1. The summed E-state index contributed by atoms with van der Waals surface area (Å²) in [4.78, 5) is 25.3. The topological polar surface area (TPSA) is 125 Å². The molecule has 1 aliphatic carbocycles. The number of ether oxygens (including phenoxy) is 1. The second-order valence-electron chi connectivity index (χ2n) is 8.68. The van der Waals surface area contributed by atoms with Gasteiger partial charge in [0.1, 0.15) is 5.69 Å². The van der Waals surface area contributed by atoms with E-state index in [9.17, 15) is 23.3 Å². The molecule has 1 saturated carbocycles. The van der Waals surface area contributed by atoms with E-state index >= 15 is 0 Å². The molecule has 2 saturated heterocycles. The fraction of sp³-hybridized carbons (Fsp3) is 0.650. The second-order valence-corrected chi connectivity index (χ2v) is 10.6. The molecule has 12 heteroatoms. The van der Waals surface area contributed by atoms with Crippen molar-refractivity contribution < 1.29 is 22.9 Å². The van der Waals surface area contributed by atoms with Gasteiger partial charge in [0.25, 0.3) is 21.8 Å². The summed E-state index contributed by atoms with van der Waals surface area (Å²) >= 11 is 0. The third-order valence-electron chi connectivity index (χ3n) is 5.96. The number of anilines is 1. The molecule has 3 fully saturated rings. The van der Waals surface area contributed by atoms with Crippen LogP contribution in [0.3, 0.4) is 0 Å². The number of benzene rings is 1. The molecular weight excluding hydrogens is 438 g/mol. The Morgan fingerprint density at radius 3 is 2.28 bits per heavy atom. The number of morpholine rings is 1. The van der Waals surface area contributed by atoms with E-state index in [1.54, 1.807) is 17.0 Å². The number of hydrogen-bond donors (Lipinski definition) is 1. The Bertz CT molecular complexity index is 980. The van der Waals surface area contributed by atoms with Crippen molar-refractivity contribution >= 4 is 27.5 Å². The number of hydrogen-bond acceptors (Lipinski definition) is 7. The van der Waals surface area contributed by atoms with Crippen LogP contribution >= 0.6 is 0 Å². The maximum atomic E-state index is 13.1. The number of carbonyl (C=O) groups is 1. The highest BCUT2D eigenvalue weighted by Crippen LogP contribution is 2.31. The standard InChI is InChI=1S/C20H29N5O6S/c1-14-12-24(13-15(2)31-14)32(29,30)23-9-7-22(8-10-23)18-6-3-16(11-19(18)25(27)28)20(26)21-17-4-5-17/h3,6,11,14-15,17H,4-5,7-10,12-13H2,1-2H3,(H,21,26). The third kappa shape index (κ3) is 4.87. The number of rotatable bonds is 6. The monoisotopic (exact) mass is 467 g/mol. The maximum absolute atomic E-state index is 13.1. The van der Waals surface area contributed by atoms with Crippen molar-refractivity contribution in [3.8, 4) is 0 Å². The Labute approximate surface area is 187 Å². The van der Waals surface area contributed by atoms with E-state index in [0.717, 1.165) is 12.8 Å². The molecule has 176 valence electrons. The lowest BCUT2D eigenvalue weighted by molar-refractivity contribution is -0.384. The highest BCUT2D eigenvalue weighted by Gasteiger charge is 2.37. The van der Waals surface area contributed by atoms with E-state index in [-0.39, 0.29) is 48.5 Å². The van der Waals surface area contributed by atoms with E-state index in [0.29, 0.717) is 31.9 Å². The summed E-state index contributed by atoms with van der Waals surface area (Å²) in [5, 5.41) is 14.5. The van der Waals surface area contributed by atoms with Gasteiger partial charge in [0.15, 0.2) is 0 Å². The SMILES string of the molecule is CC1CN(S(=O)(=O)N2CCN(c3ccc(C(=O)NC4CC4)cc3[N+](=O)[O-])CC2)CC(C)O1. The lowest BCUT2D eigenvalue weighted by Crippen LogP contribution is -2.57. The molecule has 11 nitrogen and oxygen atoms in total. The molecule has 3 aliphatic rings. The maximum Gasteiger partial charge on any atom is 0.293 e. The van der Waals surface area contributed by atoms with Gasteiger partial charge in [-0.05, 0) is 38.8 Å². The number of carbonyl (C=O) groups excluding carboxylic acids is 1. The van der Waals surface area contributed by atoms with Crippen molar-refractivity contribution in [2.24, 2.45) is 0 Å². The van der Waals surface area contributed by atoms with Gasteiger partial charge in [0.05, 0.1) is 17.1 Å². The first kappa shape index (κ1) is 22.9. The van der Waals surface area contributed by atoms with Crippen molar-refractivity contribution in [2.75, 3.05) is 44.2 Å². The Kier molecular flexibility index (Phi) is 6.39. The number of nitrogens with zero attached hydrogens (tertiary/aromatic N) is 4. The minimum Gasteiger partial charge on any atom is -0.373 e. The van der Waals surface area contributed by atoms with Crippen LogP contribution in [0.15, 0.2) is 18.2 Å². The quantitative estimate of drug-likeness (QED) is 0.488. The van der Waals surface area contributed by atoms with E-state index in [1.165, 1.54) is 14.7 Å². The molecule has 2 aliphatic heterocycles. The average molecular weight is 468 g/mol. The van der Waals surface area contributed by atoms with Crippen molar-refractivity contribution in [1.29, 1.82) is 0 Å². The van der Waals surface area contributed by atoms with E-state index in [4.69, 9.17) is 4.74 Å². The van der Waals surface area contributed by atoms with Gasteiger partial charge in [0.2, 0.25) is 0 Å². The van der Waals surface area contributed by atoms with Crippen LogP contribution in [0.1, 0.15) is 37.0 Å². The molecule has 0 aromatic heterocycles. The molecule has 2 unspecified atom stereocenters. The van der Waals surface area contributed by atoms with Crippen LogP contribution < -0.4 is 10.2 Å². The molecule has 1 aromatic rings. The van der Waals surface area contributed by atoms with Gasteiger partial charge in [-0.2, -0.15) is 17.0 Å². The fourth-order valence-electron chi connectivity index (χ4n) is 4.22. The van der Waals surface area contributed by atoms with E-state index in [2.05, 4.69) is 5.32 Å². The molecule has 2 atom stereocenters. The Balaban J connectivity index is 1.45. The van der Waals surface area contributed by atoms with Gasteiger partial charge in [-0.15, -0.1) is 0 Å². The molecule has 1 N–H and O–H groups in total. The predicted octanol–water partition coefficient (Wildman–Crippen LogP) is 0.963. The lowest BCUT2D eigenvalue weighted by Gasteiger charge is -2.40. The first-order valence-electron chi connectivity index (χ1n) is 10.9. The van der Waals surface area contributed by atoms with Crippen molar-refractivity contribution in [3.05, 3.63) is 33.9 Å². The van der Waals surface area contributed by atoms with Crippen molar-refractivity contribution in [1.82, 2.24) is 13.9 Å². The largest absolute Gasteiger partial charge is 0.373 e. The zero-order valence-electron chi connectivity index (χ0n) is 18.3. The van der Waals surface area contributed by atoms with Gasteiger partial charge in [-0.1, -0.05) is 0 Å². The molecule has 0 radical (unpaired) electrons. The van der Waals surface area contributed by atoms with Gasteiger partial charge in [-0.3, -0.25) is 14.9 Å². The summed E-state index contributed by atoms with van der Waals surface area (Å²) in [7, 11) is -3.63. The molecule has 0 bridgehead atoms. The van der Waals surface area contributed by atoms with Crippen molar-refractivity contribution in [2.45, 2.75) is 44.9 Å². The number of piperazine rings is 1. The molecule has 2 heterocycles. The van der Waals surface area contributed by atoms with E-state index < -0.39 is 15.1 Å². The Hall–Kier alpha value is -2.28. The van der Waals surface area contributed by atoms with Crippen LogP contribution in [0.5, 0.6) is 0 Å². The zero-order chi connectivity index (χ0) is 23.0. The van der Waals surface area contributed by atoms with Crippen LogP contribution in [0.25, 0.3) is 0 Å². The molecule has 1 amide bonds. The summed E-state index contributed by atoms with van der Waals surface area (Å²) < 4.78 is 34.7. The molecule has 1 aromatic carbocycles. The minimum absolute atomic E-state index is 0.152. The molecule has 32 heavy (non-hydrogen) atoms. The van der Waals surface area contributed by atoms with Crippen LogP contribution in [0.2, 0.25) is 0 Å². The Morgan fingerprint density at radius 2 is 1.72 bits per heavy atom. The highest BCUT2D eigenvalue weighted by atomic mass is 32.2. The van der Waals surface area contributed by atoms with Gasteiger partial charge in [-0.25, -0.2) is 0 Å². The average Bonchev–Trinajstić information content (AvgIpc) is 3.56. The van der Waals surface area contributed by atoms with Crippen LogP contribution in [0, 0.1) is 10.1 Å². The summed E-state index contributed by atoms with van der Waals surface area (Å²) in [6.45, 7) is 5.42. The zero-order valence-corrected chi connectivity index (χ0v) is 19.1.